The summed E-state index contributed by atoms with van der Waals surface area (Å²) in [6.45, 7) is 4.56. The van der Waals surface area contributed by atoms with E-state index in [2.05, 4.69) is 22.8 Å². The Morgan fingerprint density at radius 2 is 2.00 bits per heavy atom. The topological polar surface area (TPSA) is 50.4 Å². The smallest absolute Gasteiger partial charge is 0.231 e. The fourth-order valence-electron chi connectivity index (χ4n) is 3.49. The average Bonchev–Trinajstić information content (AvgIpc) is 2.94. The molecule has 2 aliphatic rings. The third kappa shape index (κ3) is 2.83. The molecule has 0 aromatic heterocycles. The first kappa shape index (κ1) is 14.5. The summed E-state index contributed by atoms with van der Waals surface area (Å²) >= 11 is 0. The molecule has 0 bridgehead atoms. The summed E-state index contributed by atoms with van der Waals surface area (Å²) in [5, 5.41) is 6.61. The van der Waals surface area contributed by atoms with Crippen LogP contribution in [-0.2, 0) is 14.9 Å². The summed E-state index contributed by atoms with van der Waals surface area (Å²) in [5.74, 6) is 0.164. The van der Waals surface area contributed by atoms with Crippen molar-refractivity contribution in [1.82, 2.24) is 10.6 Å². The van der Waals surface area contributed by atoms with Gasteiger partial charge in [-0.1, -0.05) is 30.3 Å². The zero-order valence-corrected chi connectivity index (χ0v) is 12.6. The molecule has 0 spiro atoms. The number of hydrogen-bond acceptors (Lipinski definition) is 3. The van der Waals surface area contributed by atoms with Crippen LogP contribution in [0.1, 0.15) is 31.7 Å². The highest BCUT2D eigenvalue weighted by atomic mass is 16.5. The van der Waals surface area contributed by atoms with Gasteiger partial charge in [-0.2, -0.15) is 0 Å². The van der Waals surface area contributed by atoms with E-state index in [1.54, 1.807) is 0 Å². The quantitative estimate of drug-likeness (QED) is 0.888. The number of benzene rings is 1. The zero-order chi connectivity index (χ0) is 14.7. The molecule has 2 saturated heterocycles. The summed E-state index contributed by atoms with van der Waals surface area (Å²) in [7, 11) is 0. The van der Waals surface area contributed by atoms with Crippen LogP contribution in [0.2, 0.25) is 0 Å². The summed E-state index contributed by atoms with van der Waals surface area (Å²) in [6.07, 6.45) is 2.73. The number of piperidine rings is 1. The molecular formula is C17H24N2O2. The molecule has 2 unspecified atom stereocenters. The molecule has 3 rings (SSSR count). The van der Waals surface area contributed by atoms with Crippen LogP contribution in [0.4, 0.5) is 0 Å². The van der Waals surface area contributed by atoms with E-state index in [-0.39, 0.29) is 18.1 Å². The largest absolute Gasteiger partial charge is 0.376 e. The van der Waals surface area contributed by atoms with Gasteiger partial charge < -0.3 is 15.4 Å². The molecule has 1 aromatic carbocycles. The van der Waals surface area contributed by atoms with Crippen LogP contribution in [0.5, 0.6) is 0 Å². The van der Waals surface area contributed by atoms with Gasteiger partial charge in [0.15, 0.2) is 0 Å². The molecule has 114 valence electrons. The summed E-state index contributed by atoms with van der Waals surface area (Å²) < 4.78 is 5.57. The fourth-order valence-corrected chi connectivity index (χ4v) is 3.49. The minimum Gasteiger partial charge on any atom is -0.376 e. The molecular weight excluding hydrogens is 264 g/mol. The fraction of sp³-hybridized carbons (Fsp3) is 0.588. The van der Waals surface area contributed by atoms with Crippen LogP contribution in [0, 0.1) is 0 Å². The van der Waals surface area contributed by atoms with Crippen molar-refractivity contribution in [2.75, 3.05) is 19.7 Å². The van der Waals surface area contributed by atoms with E-state index in [4.69, 9.17) is 4.74 Å². The Morgan fingerprint density at radius 1 is 1.29 bits per heavy atom. The Kier molecular flexibility index (Phi) is 4.27. The molecule has 1 aromatic rings. The third-order valence-electron chi connectivity index (χ3n) is 4.91. The van der Waals surface area contributed by atoms with Crippen molar-refractivity contribution in [3.05, 3.63) is 35.9 Å². The number of carbonyl (C=O) groups is 1. The summed E-state index contributed by atoms with van der Waals surface area (Å²) in [5.41, 5.74) is 0.741. The van der Waals surface area contributed by atoms with Crippen molar-refractivity contribution in [2.45, 2.75) is 43.7 Å². The van der Waals surface area contributed by atoms with Crippen LogP contribution < -0.4 is 10.6 Å². The highest BCUT2D eigenvalue weighted by Gasteiger charge is 2.42. The lowest BCUT2D eigenvalue weighted by molar-refractivity contribution is -0.129. The number of carbonyl (C=O) groups excluding carboxylic acids is 1. The molecule has 1 amide bonds. The maximum atomic E-state index is 13.0. The minimum atomic E-state index is -0.394. The van der Waals surface area contributed by atoms with Crippen molar-refractivity contribution in [3.63, 3.8) is 0 Å². The molecule has 0 aliphatic carbocycles. The molecule has 2 N–H and O–H groups in total. The Bertz CT molecular complexity index is 483. The maximum Gasteiger partial charge on any atom is 0.231 e. The number of ether oxygens (including phenoxy) is 1. The summed E-state index contributed by atoms with van der Waals surface area (Å²) in [4.78, 5) is 13.0. The zero-order valence-electron chi connectivity index (χ0n) is 12.6. The van der Waals surface area contributed by atoms with Crippen LogP contribution >= 0.6 is 0 Å². The van der Waals surface area contributed by atoms with E-state index in [0.717, 1.165) is 44.5 Å². The maximum absolute atomic E-state index is 13.0. The van der Waals surface area contributed by atoms with E-state index in [1.165, 1.54) is 0 Å². The standard InChI is InChI=1S/C17H24N2O2/c1-13-15(7-12-21-13)19-16(20)17(8-10-18-11-9-17)14-5-3-2-4-6-14/h2-6,13,15,18H,7-12H2,1H3,(H,19,20). The Morgan fingerprint density at radius 3 is 2.62 bits per heavy atom. The first-order valence-corrected chi connectivity index (χ1v) is 7.91. The van der Waals surface area contributed by atoms with Gasteiger partial charge in [0.05, 0.1) is 17.6 Å². The van der Waals surface area contributed by atoms with E-state index >= 15 is 0 Å². The number of hydrogen-bond donors (Lipinski definition) is 2. The first-order chi connectivity index (χ1) is 10.2. The Hall–Kier alpha value is -1.39. The minimum absolute atomic E-state index is 0.114. The van der Waals surface area contributed by atoms with Crippen molar-refractivity contribution in [2.24, 2.45) is 0 Å². The second-order valence-corrected chi connectivity index (χ2v) is 6.14. The van der Waals surface area contributed by atoms with E-state index in [1.807, 2.05) is 25.1 Å². The predicted molar refractivity (Wildman–Crippen MR) is 82.2 cm³/mol. The number of amides is 1. The van der Waals surface area contributed by atoms with E-state index < -0.39 is 5.41 Å². The van der Waals surface area contributed by atoms with Crippen molar-refractivity contribution in [1.29, 1.82) is 0 Å². The average molecular weight is 288 g/mol. The lowest BCUT2D eigenvalue weighted by Crippen LogP contribution is -2.54. The molecule has 4 nitrogen and oxygen atoms in total. The summed E-state index contributed by atoms with van der Waals surface area (Å²) in [6, 6.07) is 10.4. The molecule has 0 radical (unpaired) electrons. The third-order valence-corrected chi connectivity index (χ3v) is 4.91. The lowest BCUT2D eigenvalue weighted by atomic mass is 9.72. The predicted octanol–water partition coefficient (Wildman–Crippen LogP) is 1.60. The van der Waals surface area contributed by atoms with Gasteiger partial charge in [0.1, 0.15) is 0 Å². The first-order valence-electron chi connectivity index (χ1n) is 7.91. The normalized spacial score (nSPS) is 28.2. The molecule has 2 aliphatic heterocycles. The van der Waals surface area contributed by atoms with Crippen LogP contribution in [0.15, 0.2) is 30.3 Å². The van der Waals surface area contributed by atoms with Crippen LogP contribution in [-0.4, -0.2) is 37.7 Å². The van der Waals surface area contributed by atoms with Gasteiger partial charge in [0.2, 0.25) is 5.91 Å². The van der Waals surface area contributed by atoms with Gasteiger partial charge in [0.25, 0.3) is 0 Å². The number of nitrogens with one attached hydrogen (secondary N) is 2. The van der Waals surface area contributed by atoms with Gasteiger partial charge in [0, 0.05) is 6.61 Å². The Labute approximate surface area is 126 Å². The molecule has 2 atom stereocenters. The lowest BCUT2D eigenvalue weighted by Gasteiger charge is -2.37. The van der Waals surface area contributed by atoms with Gasteiger partial charge in [-0.05, 0) is 44.8 Å². The van der Waals surface area contributed by atoms with Crippen LogP contribution in [0.25, 0.3) is 0 Å². The van der Waals surface area contributed by atoms with Gasteiger partial charge >= 0.3 is 0 Å². The Balaban J connectivity index is 1.83. The van der Waals surface area contributed by atoms with E-state index in [0.29, 0.717) is 0 Å². The van der Waals surface area contributed by atoms with Gasteiger partial charge in [-0.3, -0.25) is 4.79 Å². The van der Waals surface area contributed by atoms with Crippen molar-refractivity contribution >= 4 is 5.91 Å². The van der Waals surface area contributed by atoms with E-state index in [9.17, 15) is 4.79 Å². The molecule has 0 saturated carbocycles. The SMILES string of the molecule is CC1OCCC1NC(=O)C1(c2ccccc2)CCNCC1. The van der Waals surface area contributed by atoms with Crippen molar-refractivity contribution in [3.8, 4) is 0 Å². The molecule has 4 heteroatoms. The highest BCUT2D eigenvalue weighted by Crippen LogP contribution is 2.34. The highest BCUT2D eigenvalue weighted by molar-refractivity contribution is 5.88. The monoisotopic (exact) mass is 288 g/mol. The molecule has 2 heterocycles. The van der Waals surface area contributed by atoms with Gasteiger partial charge in [-0.25, -0.2) is 0 Å². The second kappa shape index (κ2) is 6.16. The van der Waals surface area contributed by atoms with Crippen LogP contribution in [0.3, 0.4) is 0 Å². The molecule has 2 fully saturated rings. The number of rotatable bonds is 3. The second-order valence-electron chi connectivity index (χ2n) is 6.14. The van der Waals surface area contributed by atoms with Gasteiger partial charge in [-0.15, -0.1) is 0 Å². The van der Waals surface area contributed by atoms with Crippen molar-refractivity contribution < 1.29 is 9.53 Å². The molecule has 21 heavy (non-hydrogen) atoms.